The van der Waals surface area contributed by atoms with E-state index >= 15 is 0 Å². The highest BCUT2D eigenvalue weighted by atomic mass is 15.3. The predicted molar refractivity (Wildman–Crippen MR) is 86.6 cm³/mol. The fourth-order valence-corrected chi connectivity index (χ4v) is 2.69. The molecule has 0 unspecified atom stereocenters. The Kier molecular flexibility index (Phi) is 2.37. The Balaban J connectivity index is 1.69. The average molecular weight is 301 g/mol. The Morgan fingerprint density at radius 1 is 0.696 bits per heavy atom. The summed E-state index contributed by atoms with van der Waals surface area (Å²) in [6.45, 7) is 0. The van der Waals surface area contributed by atoms with Crippen LogP contribution in [0.15, 0.2) is 48.5 Å². The van der Waals surface area contributed by atoms with E-state index in [1.165, 1.54) is 0 Å². The molecule has 5 rings (SSSR count). The van der Waals surface area contributed by atoms with Gasteiger partial charge >= 0.3 is 0 Å². The van der Waals surface area contributed by atoms with Crippen molar-refractivity contribution in [3.05, 3.63) is 48.5 Å². The van der Waals surface area contributed by atoms with Crippen LogP contribution in [-0.2, 0) is 0 Å². The molecule has 3 heterocycles. The van der Waals surface area contributed by atoms with Gasteiger partial charge in [-0.15, -0.1) is 5.10 Å². The van der Waals surface area contributed by atoms with Crippen LogP contribution in [0, 0.1) is 0 Å². The van der Waals surface area contributed by atoms with Gasteiger partial charge in [-0.1, -0.05) is 29.5 Å². The molecular weight excluding hydrogens is 290 g/mol. The lowest BCUT2D eigenvalue weighted by atomic mass is 10.3. The van der Waals surface area contributed by atoms with E-state index in [1.54, 1.807) is 0 Å². The standard InChI is InChI=1S/C16H11N7/c1-2-6-10-9(5-1)17-15(18-10)13-14(22-23-21-13)16-19-11-7-3-4-8-12(11)20-16/h1-8H,(H,17,18)(H,19,20)(H,21,22,23). The molecule has 7 nitrogen and oxygen atoms in total. The van der Waals surface area contributed by atoms with Crippen LogP contribution in [0.2, 0.25) is 0 Å². The number of fused-ring (bicyclic) bond motifs is 2. The van der Waals surface area contributed by atoms with Crippen LogP contribution < -0.4 is 0 Å². The zero-order chi connectivity index (χ0) is 15.2. The van der Waals surface area contributed by atoms with Crippen molar-refractivity contribution in [1.29, 1.82) is 0 Å². The Morgan fingerprint density at radius 3 is 2.00 bits per heavy atom. The van der Waals surface area contributed by atoms with Crippen LogP contribution in [-0.4, -0.2) is 35.3 Å². The largest absolute Gasteiger partial charge is 0.337 e. The highest BCUT2D eigenvalue weighted by molar-refractivity contribution is 5.84. The molecule has 0 saturated heterocycles. The number of H-pyrrole nitrogens is 3. The van der Waals surface area contributed by atoms with Crippen molar-refractivity contribution in [3.8, 4) is 23.0 Å². The number of aromatic amines is 3. The van der Waals surface area contributed by atoms with Crippen LogP contribution in [0.4, 0.5) is 0 Å². The molecule has 0 saturated carbocycles. The first-order valence-corrected chi connectivity index (χ1v) is 7.20. The normalized spacial score (nSPS) is 11.5. The van der Waals surface area contributed by atoms with Crippen LogP contribution >= 0.6 is 0 Å². The minimum absolute atomic E-state index is 0.639. The molecule has 5 aromatic rings. The zero-order valence-corrected chi connectivity index (χ0v) is 11.9. The number of nitrogens with one attached hydrogen (secondary N) is 3. The third kappa shape index (κ3) is 1.83. The minimum Gasteiger partial charge on any atom is -0.337 e. The van der Waals surface area contributed by atoms with E-state index in [-0.39, 0.29) is 0 Å². The summed E-state index contributed by atoms with van der Waals surface area (Å²) in [5.41, 5.74) is 5.06. The summed E-state index contributed by atoms with van der Waals surface area (Å²) >= 11 is 0. The summed E-state index contributed by atoms with van der Waals surface area (Å²) in [6.07, 6.45) is 0. The molecule has 0 aliphatic rings. The summed E-state index contributed by atoms with van der Waals surface area (Å²) in [5.74, 6) is 1.35. The van der Waals surface area contributed by atoms with Gasteiger partial charge in [-0.25, -0.2) is 9.97 Å². The summed E-state index contributed by atoms with van der Waals surface area (Å²) in [5, 5.41) is 11.0. The van der Waals surface area contributed by atoms with E-state index in [1.807, 2.05) is 48.5 Å². The van der Waals surface area contributed by atoms with Gasteiger partial charge in [-0.05, 0) is 24.3 Å². The van der Waals surface area contributed by atoms with Crippen LogP contribution in [0.1, 0.15) is 0 Å². The van der Waals surface area contributed by atoms with Crippen molar-refractivity contribution < 1.29 is 0 Å². The van der Waals surface area contributed by atoms with Crippen molar-refractivity contribution in [2.45, 2.75) is 0 Å². The molecule has 3 N–H and O–H groups in total. The maximum Gasteiger partial charge on any atom is 0.161 e. The maximum absolute atomic E-state index is 4.59. The summed E-state index contributed by atoms with van der Waals surface area (Å²) in [6, 6.07) is 15.7. The number of benzene rings is 2. The molecule has 0 aliphatic carbocycles. The average Bonchev–Trinajstić information content (AvgIpc) is 3.30. The van der Waals surface area contributed by atoms with Gasteiger partial charge in [0.25, 0.3) is 0 Å². The van der Waals surface area contributed by atoms with Crippen molar-refractivity contribution in [3.63, 3.8) is 0 Å². The number of rotatable bonds is 2. The van der Waals surface area contributed by atoms with Gasteiger partial charge in [0, 0.05) is 0 Å². The zero-order valence-electron chi connectivity index (χ0n) is 11.9. The Morgan fingerprint density at radius 2 is 1.30 bits per heavy atom. The molecule has 0 bridgehead atoms. The van der Waals surface area contributed by atoms with E-state index in [0.29, 0.717) is 23.0 Å². The third-order valence-electron chi connectivity index (χ3n) is 3.79. The fourth-order valence-electron chi connectivity index (χ4n) is 2.69. The molecule has 0 radical (unpaired) electrons. The van der Waals surface area contributed by atoms with Gasteiger partial charge in [-0.3, -0.25) is 5.10 Å². The lowest BCUT2D eigenvalue weighted by Crippen LogP contribution is -1.87. The van der Waals surface area contributed by atoms with Gasteiger partial charge in [-0.2, -0.15) is 0 Å². The Hall–Kier alpha value is -3.48. The van der Waals surface area contributed by atoms with Crippen molar-refractivity contribution >= 4 is 22.1 Å². The molecule has 2 aromatic carbocycles. The highest BCUT2D eigenvalue weighted by Crippen LogP contribution is 2.27. The van der Waals surface area contributed by atoms with E-state index in [4.69, 9.17) is 0 Å². The van der Waals surface area contributed by atoms with Crippen LogP contribution in [0.25, 0.3) is 45.1 Å². The first-order chi connectivity index (χ1) is 11.4. The quantitative estimate of drug-likeness (QED) is 0.467. The Bertz CT molecular complexity index is 977. The minimum atomic E-state index is 0.639. The van der Waals surface area contributed by atoms with E-state index < -0.39 is 0 Å². The smallest absolute Gasteiger partial charge is 0.161 e. The maximum atomic E-state index is 4.59. The first kappa shape index (κ1) is 12.1. The monoisotopic (exact) mass is 301 g/mol. The molecule has 23 heavy (non-hydrogen) atoms. The van der Waals surface area contributed by atoms with E-state index in [9.17, 15) is 0 Å². The van der Waals surface area contributed by atoms with E-state index in [2.05, 4.69) is 35.3 Å². The number of imidazole rings is 2. The van der Waals surface area contributed by atoms with Crippen LogP contribution in [0.3, 0.4) is 0 Å². The van der Waals surface area contributed by atoms with Gasteiger partial charge in [0.1, 0.15) is 5.69 Å². The molecule has 0 amide bonds. The first-order valence-electron chi connectivity index (χ1n) is 7.20. The number of hydrogen-bond donors (Lipinski definition) is 3. The number of para-hydroxylation sites is 4. The van der Waals surface area contributed by atoms with Gasteiger partial charge in [0.05, 0.1) is 22.1 Å². The molecule has 0 fully saturated rings. The SMILES string of the molecule is c1ccc2[nH]c(-c3nn[nH]c3-c3nc4ccccc4[nH]3)nc2c1. The Labute approximate surface area is 129 Å². The number of hydrogen-bond acceptors (Lipinski definition) is 4. The molecule has 3 aromatic heterocycles. The number of nitrogens with zero attached hydrogens (tertiary/aromatic N) is 4. The summed E-state index contributed by atoms with van der Waals surface area (Å²) < 4.78 is 0. The lowest BCUT2D eigenvalue weighted by Gasteiger charge is -1.94. The molecule has 0 spiro atoms. The lowest BCUT2D eigenvalue weighted by molar-refractivity contribution is 0.939. The summed E-state index contributed by atoms with van der Waals surface area (Å²) in [7, 11) is 0. The predicted octanol–water partition coefficient (Wildman–Crippen LogP) is 2.89. The van der Waals surface area contributed by atoms with Crippen molar-refractivity contribution in [1.82, 2.24) is 35.3 Å². The molecule has 0 atom stereocenters. The molecular formula is C16H11N7. The second kappa shape index (κ2) is 4.51. The fraction of sp³-hybridized carbons (Fsp3) is 0. The van der Waals surface area contributed by atoms with E-state index in [0.717, 1.165) is 22.1 Å². The van der Waals surface area contributed by atoms with Crippen molar-refractivity contribution in [2.24, 2.45) is 0 Å². The highest BCUT2D eigenvalue weighted by Gasteiger charge is 2.18. The second-order valence-corrected chi connectivity index (χ2v) is 5.24. The van der Waals surface area contributed by atoms with Crippen molar-refractivity contribution in [2.75, 3.05) is 0 Å². The molecule has 7 heteroatoms. The topological polar surface area (TPSA) is 98.9 Å². The molecule has 0 aliphatic heterocycles. The van der Waals surface area contributed by atoms with Crippen LogP contribution in [0.5, 0.6) is 0 Å². The number of aromatic nitrogens is 7. The summed E-state index contributed by atoms with van der Waals surface area (Å²) in [4.78, 5) is 15.7. The second-order valence-electron chi connectivity index (χ2n) is 5.24. The van der Waals surface area contributed by atoms with Gasteiger partial charge < -0.3 is 9.97 Å². The van der Waals surface area contributed by atoms with Gasteiger partial charge in [0.15, 0.2) is 17.3 Å². The van der Waals surface area contributed by atoms with Gasteiger partial charge in [0.2, 0.25) is 0 Å². The third-order valence-corrected chi connectivity index (χ3v) is 3.79. The molecule has 110 valence electrons.